The first kappa shape index (κ1) is 20.8. The molecule has 0 unspecified atom stereocenters. The number of carbonyl (C=O) groups excluding carboxylic acids is 2. The van der Waals surface area contributed by atoms with Crippen LogP contribution in [0.25, 0.3) is 0 Å². The lowest BCUT2D eigenvalue weighted by atomic mass is 9.95. The molecule has 164 valence electrons. The second-order valence-corrected chi connectivity index (χ2v) is 9.36. The molecule has 1 aromatic carbocycles. The van der Waals surface area contributed by atoms with Gasteiger partial charge in [0.05, 0.1) is 12.0 Å². The normalized spacial score (nSPS) is 24.0. The summed E-state index contributed by atoms with van der Waals surface area (Å²) < 4.78 is 16.9. The van der Waals surface area contributed by atoms with Crippen molar-refractivity contribution in [2.45, 2.75) is 58.1 Å². The van der Waals surface area contributed by atoms with Crippen LogP contribution in [0.3, 0.4) is 0 Å². The average Bonchev–Trinajstić information content (AvgIpc) is 3.21. The predicted molar refractivity (Wildman–Crippen MR) is 112 cm³/mol. The summed E-state index contributed by atoms with van der Waals surface area (Å²) in [5.41, 5.74) is 0.552. The Morgan fingerprint density at radius 3 is 2.53 bits per heavy atom. The highest BCUT2D eigenvalue weighted by molar-refractivity contribution is 5.81. The van der Waals surface area contributed by atoms with Gasteiger partial charge in [-0.1, -0.05) is 6.07 Å². The van der Waals surface area contributed by atoms with E-state index in [-0.39, 0.29) is 24.0 Å². The van der Waals surface area contributed by atoms with E-state index < -0.39 is 5.60 Å². The molecule has 4 rings (SSSR count). The molecule has 2 saturated heterocycles. The minimum absolute atomic E-state index is 0.0465. The molecule has 7 nitrogen and oxygen atoms in total. The lowest BCUT2D eigenvalue weighted by molar-refractivity contribution is -0.138. The van der Waals surface area contributed by atoms with Crippen LogP contribution in [0.4, 0.5) is 4.79 Å². The van der Waals surface area contributed by atoms with Gasteiger partial charge in [0, 0.05) is 19.6 Å². The maximum Gasteiger partial charge on any atom is 0.410 e. The van der Waals surface area contributed by atoms with Crippen LogP contribution in [0.15, 0.2) is 18.2 Å². The van der Waals surface area contributed by atoms with Crippen molar-refractivity contribution in [1.82, 2.24) is 9.80 Å². The lowest BCUT2D eigenvalue weighted by Gasteiger charge is -2.36. The number of hydrogen-bond acceptors (Lipinski definition) is 5. The maximum atomic E-state index is 13.4. The van der Waals surface area contributed by atoms with Crippen LogP contribution in [-0.2, 0) is 9.53 Å². The Hall–Kier alpha value is -2.44. The van der Waals surface area contributed by atoms with Crippen molar-refractivity contribution in [3.63, 3.8) is 0 Å². The average molecular weight is 417 g/mol. The van der Waals surface area contributed by atoms with Gasteiger partial charge in [0.15, 0.2) is 11.5 Å². The summed E-state index contributed by atoms with van der Waals surface area (Å²) in [6, 6.07) is 6.04. The van der Waals surface area contributed by atoms with Gasteiger partial charge in [-0.05, 0) is 64.2 Å². The highest BCUT2D eigenvalue weighted by Gasteiger charge is 2.37. The van der Waals surface area contributed by atoms with Gasteiger partial charge >= 0.3 is 6.09 Å². The Morgan fingerprint density at radius 2 is 1.77 bits per heavy atom. The molecule has 0 saturated carbocycles. The van der Waals surface area contributed by atoms with Crippen molar-refractivity contribution in [3.8, 4) is 11.5 Å². The summed E-state index contributed by atoms with van der Waals surface area (Å²) in [5, 5.41) is 0. The third-order valence-corrected chi connectivity index (χ3v) is 5.91. The Morgan fingerprint density at radius 1 is 1.03 bits per heavy atom. The highest BCUT2D eigenvalue weighted by atomic mass is 16.6. The summed E-state index contributed by atoms with van der Waals surface area (Å²) in [6.45, 7) is 8.52. The largest absolute Gasteiger partial charge is 0.486 e. The molecule has 3 aliphatic rings. The molecular formula is C23H32N2O5. The number of nitrogens with zero attached hydrogens (tertiary/aromatic N) is 2. The molecule has 3 heterocycles. The Bertz CT molecular complexity index is 803. The maximum absolute atomic E-state index is 13.4. The van der Waals surface area contributed by atoms with E-state index in [1.807, 2.05) is 43.9 Å². The standard InChI is InChI=1S/C23H32N2O5/c1-23(2,3)30-22(27)24-10-4-6-17(15-24)21(26)25-11-5-7-18(25)16-8-9-19-20(14-16)29-13-12-28-19/h8-9,14,17-18H,4-7,10-13,15H2,1-3H3/t17-,18-/m0/s1. The van der Waals surface area contributed by atoms with Crippen molar-refractivity contribution in [2.75, 3.05) is 32.8 Å². The summed E-state index contributed by atoms with van der Waals surface area (Å²) in [5.74, 6) is 1.48. The number of piperidine rings is 1. The fourth-order valence-corrected chi connectivity index (χ4v) is 4.55. The lowest BCUT2D eigenvalue weighted by Crippen LogP contribution is -2.47. The van der Waals surface area contributed by atoms with E-state index in [2.05, 4.69) is 0 Å². The van der Waals surface area contributed by atoms with Crippen molar-refractivity contribution in [3.05, 3.63) is 23.8 Å². The highest BCUT2D eigenvalue weighted by Crippen LogP contribution is 2.39. The van der Waals surface area contributed by atoms with E-state index in [0.29, 0.717) is 26.3 Å². The Kier molecular flexibility index (Phi) is 5.80. The summed E-state index contributed by atoms with van der Waals surface area (Å²) in [6.07, 6.45) is 3.21. The molecule has 0 aromatic heterocycles. The van der Waals surface area contributed by atoms with Crippen LogP contribution in [0.1, 0.15) is 58.1 Å². The first-order valence-electron chi connectivity index (χ1n) is 11.0. The van der Waals surface area contributed by atoms with Gasteiger partial charge in [-0.3, -0.25) is 4.79 Å². The van der Waals surface area contributed by atoms with Crippen molar-refractivity contribution in [1.29, 1.82) is 0 Å². The number of benzene rings is 1. The molecule has 0 aliphatic carbocycles. The minimum atomic E-state index is -0.535. The van der Waals surface area contributed by atoms with Crippen molar-refractivity contribution < 1.29 is 23.8 Å². The van der Waals surface area contributed by atoms with E-state index in [9.17, 15) is 9.59 Å². The number of hydrogen-bond donors (Lipinski definition) is 0. The van der Waals surface area contributed by atoms with Gasteiger partial charge in [-0.25, -0.2) is 4.79 Å². The van der Waals surface area contributed by atoms with Gasteiger partial charge < -0.3 is 24.0 Å². The van der Waals surface area contributed by atoms with Gasteiger partial charge in [0.1, 0.15) is 18.8 Å². The van der Waals surface area contributed by atoms with Crippen LogP contribution in [0.2, 0.25) is 0 Å². The first-order chi connectivity index (χ1) is 14.3. The third-order valence-electron chi connectivity index (χ3n) is 5.91. The van der Waals surface area contributed by atoms with E-state index >= 15 is 0 Å². The fraction of sp³-hybridized carbons (Fsp3) is 0.652. The van der Waals surface area contributed by atoms with Crippen molar-refractivity contribution in [2.24, 2.45) is 5.92 Å². The van der Waals surface area contributed by atoms with Crippen LogP contribution in [0, 0.1) is 5.92 Å². The molecule has 2 atom stereocenters. The van der Waals surface area contributed by atoms with Gasteiger partial charge in [-0.2, -0.15) is 0 Å². The number of likely N-dealkylation sites (tertiary alicyclic amines) is 2. The van der Waals surface area contributed by atoms with E-state index in [1.54, 1.807) is 4.90 Å². The van der Waals surface area contributed by atoms with Crippen LogP contribution < -0.4 is 9.47 Å². The monoisotopic (exact) mass is 416 g/mol. The molecule has 2 fully saturated rings. The van der Waals surface area contributed by atoms with E-state index in [0.717, 1.165) is 49.3 Å². The van der Waals surface area contributed by atoms with Crippen molar-refractivity contribution >= 4 is 12.0 Å². The van der Waals surface area contributed by atoms with Gasteiger partial charge in [-0.15, -0.1) is 0 Å². The summed E-state index contributed by atoms with van der Waals surface area (Å²) in [4.78, 5) is 29.6. The summed E-state index contributed by atoms with van der Waals surface area (Å²) >= 11 is 0. The zero-order valence-corrected chi connectivity index (χ0v) is 18.2. The number of fused-ring (bicyclic) bond motifs is 1. The molecule has 3 aliphatic heterocycles. The molecule has 2 amide bonds. The SMILES string of the molecule is CC(C)(C)OC(=O)N1CCC[C@H](C(=O)N2CCC[C@H]2c2ccc3c(c2)OCCO3)C1. The second kappa shape index (κ2) is 8.36. The quantitative estimate of drug-likeness (QED) is 0.734. The van der Waals surface area contributed by atoms with Crippen LogP contribution in [0.5, 0.6) is 11.5 Å². The molecule has 7 heteroatoms. The molecule has 0 spiro atoms. The first-order valence-corrected chi connectivity index (χ1v) is 11.0. The van der Waals surface area contributed by atoms with Crippen LogP contribution >= 0.6 is 0 Å². The molecule has 30 heavy (non-hydrogen) atoms. The molecule has 0 radical (unpaired) electrons. The minimum Gasteiger partial charge on any atom is -0.486 e. The Balaban J connectivity index is 1.45. The Labute approximate surface area is 178 Å². The van der Waals surface area contributed by atoms with Crippen LogP contribution in [-0.4, -0.2) is 60.2 Å². The fourth-order valence-electron chi connectivity index (χ4n) is 4.55. The number of carbonyl (C=O) groups is 2. The zero-order chi connectivity index (χ0) is 21.3. The predicted octanol–water partition coefficient (Wildman–Crippen LogP) is 3.77. The number of amides is 2. The molecular weight excluding hydrogens is 384 g/mol. The number of rotatable bonds is 2. The van der Waals surface area contributed by atoms with Gasteiger partial charge in [0.2, 0.25) is 5.91 Å². The van der Waals surface area contributed by atoms with Gasteiger partial charge in [0.25, 0.3) is 0 Å². The smallest absolute Gasteiger partial charge is 0.410 e. The number of ether oxygens (including phenoxy) is 3. The summed E-state index contributed by atoms with van der Waals surface area (Å²) in [7, 11) is 0. The van der Waals surface area contributed by atoms with E-state index in [1.165, 1.54) is 0 Å². The second-order valence-electron chi connectivity index (χ2n) is 9.36. The zero-order valence-electron chi connectivity index (χ0n) is 18.2. The molecule has 1 aromatic rings. The third kappa shape index (κ3) is 4.50. The topological polar surface area (TPSA) is 68.3 Å². The molecule has 0 N–H and O–H groups in total. The van der Waals surface area contributed by atoms with E-state index in [4.69, 9.17) is 14.2 Å². The molecule has 0 bridgehead atoms.